The van der Waals surface area contributed by atoms with Crippen LogP contribution in [0.1, 0.15) is 35.4 Å². The topological polar surface area (TPSA) is 17.1 Å². The smallest absolute Gasteiger partial charge is 0.156 e. The lowest BCUT2D eigenvalue weighted by Crippen LogP contribution is -2.12. The van der Waals surface area contributed by atoms with Gasteiger partial charge >= 0.3 is 0 Å². The van der Waals surface area contributed by atoms with Gasteiger partial charge in [0.15, 0.2) is 5.78 Å². The second-order valence-corrected chi connectivity index (χ2v) is 5.52. The average Bonchev–Trinajstić information content (AvgIpc) is 2.48. The van der Waals surface area contributed by atoms with Gasteiger partial charge in [0, 0.05) is 6.42 Å². The van der Waals surface area contributed by atoms with E-state index >= 15 is 0 Å². The lowest BCUT2D eigenvalue weighted by molar-refractivity contribution is -0.115. The van der Waals surface area contributed by atoms with Gasteiger partial charge in [-0.05, 0) is 42.0 Å². The van der Waals surface area contributed by atoms with Crippen molar-refractivity contribution < 1.29 is 4.79 Å². The molecule has 20 heavy (non-hydrogen) atoms. The number of benzene rings is 2. The van der Waals surface area contributed by atoms with Crippen LogP contribution in [0.3, 0.4) is 0 Å². The van der Waals surface area contributed by atoms with E-state index in [4.69, 9.17) is 0 Å². The van der Waals surface area contributed by atoms with Crippen molar-refractivity contribution in [1.82, 2.24) is 0 Å². The Morgan fingerprint density at radius 1 is 0.900 bits per heavy atom. The molecule has 1 aliphatic rings. The normalized spacial score (nSPS) is 18.8. The summed E-state index contributed by atoms with van der Waals surface area (Å²) in [5.41, 5.74) is 4.84. The van der Waals surface area contributed by atoms with Crippen LogP contribution in [0, 0.1) is 6.92 Å². The van der Waals surface area contributed by atoms with Gasteiger partial charge in [0.1, 0.15) is 0 Å². The van der Waals surface area contributed by atoms with Crippen molar-refractivity contribution >= 4 is 11.4 Å². The van der Waals surface area contributed by atoms with Crippen molar-refractivity contribution in [1.29, 1.82) is 0 Å². The molecular formula is C19H18O. The van der Waals surface area contributed by atoms with Crippen molar-refractivity contribution in [2.75, 3.05) is 0 Å². The molecule has 0 aliphatic heterocycles. The third-order valence-electron chi connectivity index (χ3n) is 3.94. The van der Waals surface area contributed by atoms with Crippen LogP contribution >= 0.6 is 0 Å². The maximum absolute atomic E-state index is 12.0. The van der Waals surface area contributed by atoms with Gasteiger partial charge in [0.25, 0.3) is 0 Å². The van der Waals surface area contributed by atoms with E-state index in [0.717, 1.165) is 12.0 Å². The summed E-state index contributed by atoms with van der Waals surface area (Å²) in [6.07, 6.45) is 3.39. The van der Waals surface area contributed by atoms with E-state index in [9.17, 15) is 4.79 Å². The molecule has 2 aromatic carbocycles. The first-order chi connectivity index (χ1) is 9.72. The second-order valence-electron chi connectivity index (χ2n) is 5.52. The zero-order valence-electron chi connectivity index (χ0n) is 11.7. The Morgan fingerprint density at radius 3 is 2.30 bits per heavy atom. The molecule has 0 aromatic heterocycles. The van der Waals surface area contributed by atoms with Crippen LogP contribution in [0.4, 0.5) is 0 Å². The second kappa shape index (κ2) is 5.46. The third kappa shape index (κ3) is 2.72. The Labute approximate surface area is 120 Å². The summed E-state index contributed by atoms with van der Waals surface area (Å²) in [5, 5.41) is 0. The van der Waals surface area contributed by atoms with Crippen LogP contribution in [-0.4, -0.2) is 5.78 Å². The van der Waals surface area contributed by atoms with Crippen LogP contribution in [-0.2, 0) is 4.79 Å². The van der Waals surface area contributed by atoms with Crippen molar-refractivity contribution in [3.63, 3.8) is 0 Å². The fourth-order valence-corrected chi connectivity index (χ4v) is 2.82. The Balaban J connectivity index is 1.89. The monoisotopic (exact) mass is 262 g/mol. The standard InChI is InChI=1S/C19H18O/c1-14-7-9-16(10-8-14)18-11-17(12-19(20)13-18)15-5-3-2-4-6-15/h2-10,13,17H,11-12H2,1H3/t17-/m0/s1. The Hall–Kier alpha value is -2.15. The Morgan fingerprint density at radius 2 is 1.60 bits per heavy atom. The van der Waals surface area contributed by atoms with Crippen LogP contribution in [0.15, 0.2) is 60.7 Å². The first-order valence-electron chi connectivity index (χ1n) is 7.08. The number of aryl methyl sites for hydroxylation is 1. The minimum atomic E-state index is 0.237. The van der Waals surface area contributed by atoms with Crippen LogP contribution < -0.4 is 0 Å². The summed E-state index contributed by atoms with van der Waals surface area (Å²) in [5.74, 6) is 0.547. The molecule has 100 valence electrons. The van der Waals surface area contributed by atoms with E-state index in [0.29, 0.717) is 12.3 Å². The first-order valence-corrected chi connectivity index (χ1v) is 7.08. The molecule has 0 saturated carbocycles. The largest absolute Gasteiger partial charge is 0.295 e. The van der Waals surface area contributed by atoms with E-state index in [1.54, 1.807) is 0 Å². The SMILES string of the molecule is Cc1ccc(C2=CC(=O)C[C@@H](c3ccccc3)C2)cc1. The summed E-state index contributed by atoms with van der Waals surface area (Å²) in [6, 6.07) is 18.8. The number of hydrogen-bond acceptors (Lipinski definition) is 1. The van der Waals surface area contributed by atoms with Gasteiger partial charge in [-0.3, -0.25) is 4.79 Å². The number of allylic oxidation sites excluding steroid dienone is 2. The molecule has 0 unspecified atom stereocenters. The highest BCUT2D eigenvalue weighted by atomic mass is 16.1. The van der Waals surface area contributed by atoms with E-state index in [-0.39, 0.29) is 5.78 Å². The lowest BCUT2D eigenvalue weighted by Gasteiger charge is -2.22. The van der Waals surface area contributed by atoms with E-state index in [1.165, 1.54) is 16.7 Å². The maximum Gasteiger partial charge on any atom is 0.156 e. The van der Waals surface area contributed by atoms with Crippen molar-refractivity contribution in [2.45, 2.75) is 25.7 Å². The number of hydrogen-bond donors (Lipinski definition) is 0. The third-order valence-corrected chi connectivity index (χ3v) is 3.94. The van der Waals surface area contributed by atoms with Crippen molar-refractivity contribution in [2.24, 2.45) is 0 Å². The van der Waals surface area contributed by atoms with Gasteiger partial charge in [0.2, 0.25) is 0 Å². The Kier molecular flexibility index (Phi) is 3.51. The summed E-state index contributed by atoms with van der Waals surface area (Å²) >= 11 is 0. The molecular weight excluding hydrogens is 244 g/mol. The van der Waals surface area contributed by atoms with Gasteiger partial charge < -0.3 is 0 Å². The zero-order chi connectivity index (χ0) is 13.9. The fourth-order valence-electron chi connectivity index (χ4n) is 2.82. The quantitative estimate of drug-likeness (QED) is 0.777. The number of carbonyl (C=O) groups is 1. The minimum absolute atomic E-state index is 0.237. The molecule has 0 radical (unpaired) electrons. The summed E-state index contributed by atoms with van der Waals surface area (Å²) in [7, 11) is 0. The van der Waals surface area contributed by atoms with Crippen molar-refractivity contribution in [3.05, 3.63) is 77.4 Å². The molecule has 0 spiro atoms. The highest BCUT2D eigenvalue weighted by molar-refractivity contribution is 5.99. The van der Waals surface area contributed by atoms with Crippen LogP contribution in [0.5, 0.6) is 0 Å². The predicted molar refractivity (Wildman–Crippen MR) is 82.6 cm³/mol. The minimum Gasteiger partial charge on any atom is -0.295 e. The van der Waals surface area contributed by atoms with Gasteiger partial charge in [0.05, 0.1) is 0 Å². The molecule has 0 saturated heterocycles. The number of rotatable bonds is 2. The lowest BCUT2D eigenvalue weighted by atomic mass is 9.81. The molecule has 0 N–H and O–H groups in total. The fraction of sp³-hybridized carbons (Fsp3) is 0.211. The van der Waals surface area contributed by atoms with Gasteiger partial charge in [-0.1, -0.05) is 60.2 Å². The highest BCUT2D eigenvalue weighted by Crippen LogP contribution is 2.35. The van der Waals surface area contributed by atoms with Crippen molar-refractivity contribution in [3.8, 4) is 0 Å². The highest BCUT2D eigenvalue weighted by Gasteiger charge is 2.22. The Bertz CT molecular complexity index is 635. The summed E-state index contributed by atoms with van der Waals surface area (Å²) < 4.78 is 0. The van der Waals surface area contributed by atoms with E-state index < -0.39 is 0 Å². The van der Waals surface area contributed by atoms with Gasteiger partial charge in [-0.2, -0.15) is 0 Å². The zero-order valence-corrected chi connectivity index (χ0v) is 11.7. The molecule has 0 fully saturated rings. The average molecular weight is 262 g/mol. The number of ketones is 1. The van der Waals surface area contributed by atoms with E-state index in [1.807, 2.05) is 24.3 Å². The molecule has 1 atom stereocenters. The maximum atomic E-state index is 12.0. The number of carbonyl (C=O) groups excluding carboxylic acids is 1. The van der Waals surface area contributed by atoms with Gasteiger partial charge in [-0.15, -0.1) is 0 Å². The molecule has 3 rings (SSSR count). The van der Waals surface area contributed by atoms with E-state index in [2.05, 4.69) is 43.3 Å². The first kappa shape index (κ1) is 12.9. The molecule has 0 bridgehead atoms. The summed E-state index contributed by atoms with van der Waals surface area (Å²) in [6.45, 7) is 2.08. The predicted octanol–water partition coefficient (Wildman–Crippen LogP) is 4.53. The summed E-state index contributed by atoms with van der Waals surface area (Å²) in [4.78, 5) is 12.0. The molecule has 0 amide bonds. The molecule has 1 nitrogen and oxygen atoms in total. The molecule has 1 aliphatic carbocycles. The van der Waals surface area contributed by atoms with Crippen LogP contribution in [0.2, 0.25) is 0 Å². The van der Waals surface area contributed by atoms with Crippen LogP contribution in [0.25, 0.3) is 5.57 Å². The van der Waals surface area contributed by atoms with Gasteiger partial charge in [-0.25, -0.2) is 0 Å². The molecule has 0 heterocycles. The molecule has 2 aromatic rings. The molecule has 1 heteroatoms.